The number of nitrogens with one attached hydrogen (secondary N) is 2. The number of rotatable bonds is 6. The van der Waals surface area contributed by atoms with Gasteiger partial charge in [-0.05, 0) is 46.9 Å². The number of sulfonamides is 1. The molecule has 0 unspecified atom stereocenters. The van der Waals surface area contributed by atoms with Crippen molar-refractivity contribution in [2.24, 2.45) is 0 Å². The summed E-state index contributed by atoms with van der Waals surface area (Å²) >= 11 is 0. The summed E-state index contributed by atoms with van der Waals surface area (Å²) in [6.45, 7) is 4.71. The van der Waals surface area contributed by atoms with Gasteiger partial charge >= 0.3 is 6.03 Å². The van der Waals surface area contributed by atoms with Crippen molar-refractivity contribution in [2.75, 3.05) is 17.1 Å². The number of methoxy groups -OCH3 is 1. The molecular formula is C25H25F2N3O4S. The Labute approximate surface area is 202 Å². The average molecular weight is 502 g/mol. The van der Waals surface area contributed by atoms with Gasteiger partial charge in [0, 0.05) is 30.9 Å². The van der Waals surface area contributed by atoms with Crippen LogP contribution in [0.25, 0.3) is 0 Å². The van der Waals surface area contributed by atoms with E-state index in [1.165, 1.54) is 19.2 Å². The molecular weight excluding hydrogens is 476 g/mol. The third kappa shape index (κ3) is 5.22. The standard InChI is InChI=1S/C25H25F2N3O4S/c1-15(2)16-4-7-20(8-5-16)28-25(31)30-13-17-6-9-21(10-18(17)14-30)35(32,33)29-24-22(27)11-19(26)12-23(24)34-3/h4-12,15,29H,13-14H2,1-3H3,(H,28,31). The lowest BCUT2D eigenvalue weighted by atomic mass is 10.0. The van der Waals surface area contributed by atoms with Gasteiger partial charge in [-0.2, -0.15) is 0 Å². The predicted octanol–water partition coefficient (Wildman–Crippen LogP) is 5.45. The van der Waals surface area contributed by atoms with Gasteiger partial charge in [0.15, 0.2) is 5.82 Å². The summed E-state index contributed by atoms with van der Waals surface area (Å²) < 4.78 is 60.6. The Balaban J connectivity index is 1.49. The first kappa shape index (κ1) is 24.5. The van der Waals surface area contributed by atoms with Crippen LogP contribution in [0.4, 0.5) is 25.0 Å². The number of carbonyl (C=O) groups is 1. The highest BCUT2D eigenvalue weighted by molar-refractivity contribution is 7.92. The van der Waals surface area contributed by atoms with Gasteiger partial charge in [0.1, 0.15) is 17.3 Å². The minimum atomic E-state index is -4.21. The number of hydrogen-bond donors (Lipinski definition) is 2. The number of benzene rings is 3. The second kappa shape index (κ2) is 9.53. The Morgan fingerprint density at radius 3 is 2.34 bits per heavy atom. The second-order valence-corrected chi connectivity index (χ2v) is 10.2. The number of hydrogen-bond acceptors (Lipinski definition) is 4. The van der Waals surface area contributed by atoms with Crippen molar-refractivity contribution in [3.8, 4) is 5.75 Å². The molecule has 35 heavy (non-hydrogen) atoms. The molecule has 0 atom stereocenters. The molecule has 7 nitrogen and oxygen atoms in total. The number of fused-ring (bicyclic) bond motifs is 1. The SMILES string of the molecule is COc1cc(F)cc(F)c1NS(=O)(=O)c1ccc2c(c1)CN(C(=O)Nc1ccc(C(C)C)cc1)C2. The molecule has 0 saturated heterocycles. The number of amides is 2. The van der Waals surface area contributed by atoms with Crippen LogP contribution in [0.2, 0.25) is 0 Å². The van der Waals surface area contributed by atoms with Gasteiger partial charge in [-0.3, -0.25) is 4.72 Å². The fourth-order valence-corrected chi connectivity index (χ4v) is 4.97. The van der Waals surface area contributed by atoms with Gasteiger partial charge in [0.25, 0.3) is 10.0 Å². The highest BCUT2D eigenvalue weighted by Crippen LogP contribution is 2.32. The van der Waals surface area contributed by atoms with Crippen molar-refractivity contribution < 1.29 is 26.7 Å². The molecule has 0 spiro atoms. The molecule has 4 rings (SSSR count). The van der Waals surface area contributed by atoms with E-state index in [9.17, 15) is 22.0 Å². The number of nitrogens with zero attached hydrogens (tertiary/aromatic N) is 1. The minimum Gasteiger partial charge on any atom is -0.494 e. The normalized spacial score (nSPS) is 13.0. The van der Waals surface area contributed by atoms with Gasteiger partial charge in [-0.1, -0.05) is 32.0 Å². The van der Waals surface area contributed by atoms with E-state index in [4.69, 9.17) is 4.74 Å². The van der Waals surface area contributed by atoms with E-state index in [0.717, 1.165) is 17.2 Å². The summed E-state index contributed by atoms with van der Waals surface area (Å²) in [5.74, 6) is -1.89. The Bertz CT molecular complexity index is 1380. The van der Waals surface area contributed by atoms with Crippen molar-refractivity contribution in [1.29, 1.82) is 0 Å². The van der Waals surface area contributed by atoms with Crippen LogP contribution in [0.5, 0.6) is 5.75 Å². The van der Waals surface area contributed by atoms with Crippen LogP contribution in [0.1, 0.15) is 36.5 Å². The van der Waals surface area contributed by atoms with E-state index < -0.39 is 27.3 Å². The maximum absolute atomic E-state index is 14.2. The topological polar surface area (TPSA) is 87.7 Å². The molecule has 3 aromatic carbocycles. The highest BCUT2D eigenvalue weighted by Gasteiger charge is 2.27. The molecule has 1 aliphatic rings. The lowest BCUT2D eigenvalue weighted by Crippen LogP contribution is -2.30. The van der Waals surface area contributed by atoms with Crippen molar-refractivity contribution in [3.63, 3.8) is 0 Å². The molecule has 0 aromatic heterocycles. The lowest BCUT2D eigenvalue weighted by molar-refractivity contribution is 0.212. The molecule has 184 valence electrons. The van der Waals surface area contributed by atoms with Crippen LogP contribution in [0.15, 0.2) is 59.5 Å². The van der Waals surface area contributed by atoms with E-state index >= 15 is 0 Å². The quantitative estimate of drug-likeness (QED) is 0.471. The molecule has 3 aromatic rings. The third-order valence-electron chi connectivity index (χ3n) is 5.80. The molecule has 1 heterocycles. The molecule has 0 fully saturated rings. The summed E-state index contributed by atoms with van der Waals surface area (Å²) in [6.07, 6.45) is 0. The number of carbonyl (C=O) groups excluding carboxylic acids is 1. The number of ether oxygens (including phenoxy) is 1. The summed E-state index contributed by atoms with van der Waals surface area (Å²) in [4.78, 5) is 14.2. The van der Waals surface area contributed by atoms with Crippen molar-refractivity contribution in [1.82, 2.24) is 4.90 Å². The van der Waals surface area contributed by atoms with Crippen molar-refractivity contribution >= 4 is 27.4 Å². The number of urea groups is 1. The molecule has 10 heteroatoms. The van der Waals surface area contributed by atoms with E-state index in [2.05, 4.69) is 23.9 Å². The predicted molar refractivity (Wildman–Crippen MR) is 129 cm³/mol. The molecule has 0 radical (unpaired) electrons. The van der Waals surface area contributed by atoms with Crippen LogP contribution in [-0.2, 0) is 23.1 Å². The van der Waals surface area contributed by atoms with Crippen LogP contribution in [-0.4, -0.2) is 26.5 Å². The maximum Gasteiger partial charge on any atom is 0.322 e. The van der Waals surface area contributed by atoms with Gasteiger partial charge in [-0.15, -0.1) is 0 Å². The summed E-state index contributed by atoms with van der Waals surface area (Å²) in [5, 5.41) is 2.86. The van der Waals surface area contributed by atoms with E-state index in [0.29, 0.717) is 29.8 Å². The first-order chi connectivity index (χ1) is 16.6. The Morgan fingerprint density at radius 1 is 1.00 bits per heavy atom. The number of halogens is 2. The van der Waals surface area contributed by atoms with E-state index in [1.807, 2.05) is 24.3 Å². The van der Waals surface area contributed by atoms with Gasteiger partial charge < -0.3 is 15.0 Å². The Morgan fingerprint density at radius 2 is 1.69 bits per heavy atom. The van der Waals surface area contributed by atoms with Gasteiger partial charge in [-0.25, -0.2) is 22.0 Å². The van der Waals surface area contributed by atoms with Crippen LogP contribution >= 0.6 is 0 Å². The Kier molecular flexibility index (Phi) is 6.66. The zero-order valence-corrected chi connectivity index (χ0v) is 20.2. The van der Waals surface area contributed by atoms with Crippen LogP contribution < -0.4 is 14.8 Å². The molecule has 1 aliphatic heterocycles. The van der Waals surface area contributed by atoms with E-state index in [1.54, 1.807) is 11.0 Å². The van der Waals surface area contributed by atoms with Crippen molar-refractivity contribution in [3.05, 3.63) is 82.9 Å². The number of anilines is 2. The molecule has 2 amide bonds. The zero-order chi connectivity index (χ0) is 25.3. The Hall–Kier alpha value is -3.66. The summed E-state index contributed by atoms with van der Waals surface area (Å²) in [5.41, 5.74) is 2.80. The largest absolute Gasteiger partial charge is 0.494 e. The average Bonchev–Trinajstić information content (AvgIpc) is 3.24. The van der Waals surface area contributed by atoms with Crippen molar-refractivity contribution in [2.45, 2.75) is 37.8 Å². The van der Waals surface area contributed by atoms with Gasteiger partial charge in [0.05, 0.1) is 12.0 Å². The molecule has 0 aliphatic carbocycles. The first-order valence-electron chi connectivity index (χ1n) is 10.9. The zero-order valence-electron chi connectivity index (χ0n) is 19.4. The van der Waals surface area contributed by atoms with E-state index in [-0.39, 0.29) is 23.2 Å². The van der Waals surface area contributed by atoms with Crippen LogP contribution in [0, 0.1) is 11.6 Å². The minimum absolute atomic E-state index is 0.117. The third-order valence-corrected chi connectivity index (χ3v) is 7.15. The molecule has 0 saturated carbocycles. The first-order valence-corrected chi connectivity index (χ1v) is 12.4. The maximum atomic E-state index is 14.2. The lowest BCUT2D eigenvalue weighted by Gasteiger charge is -2.17. The monoisotopic (exact) mass is 501 g/mol. The highest BCUT2D eigenvalue weighted by atomic mass is 32.2. The summed E-state index contributed by atoms with van der Waals surface area (Å²) in [6, 6.07) is 13.2. The smallest absolute Gasteiger partial charge is 0.322 e. The van der Waals surface area contributed by atoms with Crippen LogP contribution in [0.3, 0.4) is 0 Å². The fourth-order valence-electron chi connectivity index (χ4n) is 3.84. The molecule has 2 N–H and O–H groups in total. The van der Waals surface area contributed by atoms with Gasteiger partial charge in [0.2, 0.25) is 0 Å². The molecule has 0 bridgehead atoms. The summed E-state index contributed by atoms with van der Waals surface area (Å²) in [7, 11) is -3.03. The fraction of sp³-hybridized carbons (Fsp3) is 0.240. The second-order valence-electron chi connectivity index (χ2n) is 8.56.